The van der Waals surface area contributed by atoms with Crippen molar-refractivity contribution in [3.63, 3.8) is 0 Å². The van der Waals surface area contributed by atoms with Gasteiger partial charge < -0.3 is 15.1 Å². The summed E-state index contributed by atoms with van der Waals surface area (Å²) in [7, 11) is 6.62. The summed E-state index contributed by atoms with van der Waals surface area (Å²) in [5.74, 6) is 0. The van der Waals surface area contributed by atoms with Gasteiger partial charge in [-0.05, 0) is 79.3 Å². The lowest BCUT2D eigenvalue weighted by Crippen LogP contribution is -2.41. The quantitative estimate of drug-likeness (QED) is 0.717. The Hall–Kier alpha value is -0.120. The molecular weight excluding hydrogens is 222 g/mol. The van der Waals surface area contributed by atoms with Crippen LogP contribution in [0.15, 0.2) is 0 Å². The maximum Gasteiger partial charge on any atom is 0.00933 e. The maximum absolute atomic E-state index is 3.66. The third kappa shape index (κ3) is 6.17. The van der Waals surface area contributed by atoms with E-state index < -0.39 is 0 Å². The lowest BCUT2D eigenvalue weighted by atomic mass is 9.90. The van der Waals surface area contributed by atoms with Crippen molar-refractivity contribution in [2.24, 2.45) is 0 Å². The summed E-state index contributed by atoms with van der Waals surface area (Å²) in [4.78, 5) is 4.86. The summed E-state index contributed by atoms with van der Waals surface area (Å²) in [6.07, 6.45) is 8.02. The first kappa shape index (κ1) is 15.9. The SMILES string of the molecule is CCCNC1CCC(N(C)CCCN(C)C)CC1. The number of nitrogens with zero attached hydrogens (tertiary/aromatic N) is 2. The highest BCUT2D eigenvalue weighted by Gasteiger charge is 2.23. The predicted octanol–water partition coefficient (Wildman–Crippen LogP) is 2.18. The molecule has 0 atom stereocenters. The van der Waals surface area contributed by atoms with Gasteiger partial charge in [0.1, 0.15) is 0 Å². The summed E-state index contributed by atoms with van der Waals surface area (Å²) >= 11 is 0. The van der Waals surface area contributed by atoms with E-state index in [1.165, 1.54) is 58.2 Å². The largest absolute Gasteiger partial charge is 0.314 e. The van der Waals surface area contributed by atoms with E-state index in [1.54, 1.807) is 0 Å². The van der Waals surface area contributed by atoms with Gasteiger partial charge in [-0.15, -0.1) is 0 Å². The zero-order chi connectivity index (χ0) is 13.4. The summed E-state index contributed by atoms with van der Waals surface area (Å²) in [6.45, 7) is 5.89. The smallest absolute Gasteiger partial charge is 0.00933 e. The second-order valence-corrected chi connectivity index (χ2v) is 6.10. The molecule has 3 nitrogen and oxygen atoms in total. The van der Waals surface area contributed by atoms with E-state index in [0.717, 1.165) is 12.1 Å². The number of hydrogen-bond donors (Lipinski definition) is 1. The third-order valence-electron chi connectivity index (χ3n) is 4.12. The number of nitrogens with one attached hydrogen (secondary N) is 1. The summed E-state index contributed by atoms with van der Waals surface area (Å²) in [5.41, 5.74) is 0. The monoisotopic (exact) mass is 255 g/mol. The molecule has 0 aromatic rings. The first-order chi connectivity index (χ1) is 8.63. The van der Waals surface area contributed by atoms with Gasteiger partial charge in [-0.3, -0.25) is 0 Å². The van der Waals surface area contributed by atoms with Crippen molar-refractivity contribution >= 4 is 0 Å². The van der Waals surface area contributed by atoms with Crippen LogP contribution in [0.25, 0.3) is 0 Å². The minimum absolute atomic E-state index is 0.788. The molecule has 1 N–H and O–H groups in total. The van der Waals surface area contributed by atoms with Gasteiger partial charge in [0.25, 0.3) is 0 Å². The molecule has 3 heteroatoms. The molecule has 1 fully saturated rings. The van der Waals surface area contributed by atoms with Gasteiger partial charge >= 0.3 is 0 Å². The fourth-order valence-electron chi connectivity index (χ4n) is 2.89. The molecule has 1 saturated carbocycles. The molecule has 0 aromatic carbocycles. The van der Waals surface area contributed by atoms with Gasteiger partial charge in [0.2, 0.25) is 0 Å². The van der Waals surface area contributed by atoms with Gasteiger partial charge in [-0.25, -0.2) is 0 Å². The normalized spacial score (nSPS) is 25.0. The molecule has 18 heavy (non-hydrogen) atoms. The maximum atomic E-state index is 3.66. The van der Waals surface area contributed by atoms with Crippen LogP contribution in [-0.2, 0) is 0 Å². The Bertz CT molecular complexity index is 198. The minimum Gasteiger partial charge on any atom is -0.314 e. The lowest BCUT2D eigenvalue weighted by Gasteiger charge is -2.35. The van der Waals surface area contributed by atoms with Crippen molar-refractivity contribution in [1.29, 1.82) is 0 Å². The number of rotatable bonds is 8. The van der Waals surface area contributed by atoms with Crippen LogP contribution in [0.5, 0.6) is 0 Å². The molecular formula is C15H33N3. The van der Waals surface area contributed by atoms with Crippen molar-refractivity contribution < 1.29 is 0 Å². The van der Waals surface area contributed by atoms with Crippen LogP contribution < -0.4 is 5.32 Å². The second-order valence-electron chi connectivity index (χ2n) is 6.10. The molecule has 0 aromatic heterocycles. The standard InChI is InChI=1S/C15H33N3/c1-5-11-16-14-7-9-15(10-8-14)18(4)13-6-12-17(2)3/h14-16H,5-13H2,1-4H3. The van der Waals surface area contributed by atoms with Gasteiger partial charge in [0, 0.05) is 12.1 Å². The Morgan fingerprint density at radius 2 is 1.67 bits per heavy atom. The van der Waals surface area contributed by atoms with Gasteiger partial charge in [-0.2, -0.15) is 0 Å². The molecule has 108 valence electrons. The van der Waals surface area contributed by atoms with Gasteiger partial charge in [-0.1, -0.05) is 6.92 Å². The third-order valence-corrected chi connectivity index (χ3v) is 4.12. The zero-order valence-electron chi connectivity index (χ0n) is 12.9. The average Bonchev–Trinajstić information content (AvgIpc) is 2.36. The van der Waals surface area contributed by atoms with Crippen LogP contribution >= 0.6 is 0 Å². The molecule has 1 aliphatic carbocycles. The fraction of sp³-hybridized carbons (Fsp3) is 1.00. The molecule has 0 saturated heterocycles. The summed E-state index contributed by atoms with van der Waals surface area (Å²) in [6, 6.07) is 1.61. The van der Waals surface area contributed by atoms with E-state index in [2.05, 4.69) is 43.2 Å². The van der Waals surface area contributed by atoms with E-state index in [1.807, 2.05) is 0 Å². The van der Waals surface area contributed by atoms with E-state index in [9.17, 15) is 0 Å². The van der Waals surface area contributed by atoms with Crippen molar-refractivity contribution in [3.8, 4) is 0 Å². The van der Waals surface area contributed by atoms with Crippen LogP contribution in [0.2, 0.25) is 0 Å². The summed E-state index contributed by atoms with van der Waals surface area (Å²) < 4.78 is 0. The Morgan fingerprint density at radius 3 is 2.22 bits per heavy atom. The highest BCUT2D eigenvalue weighted by atomic mass is 15.1. The number of hydrogen-bond acceptors (Lipinski definition) is 3. The first-order valence-corrected chi connectivity index (χ1v) is 7.71. The van der Waals surface area contributed by atoms with Crippen molar-refractivity contribution in [2.75, 3.05) is 40.8 Å². The highest BCUT2D eigenvalue weighted by Crippen LogP contribution is 2.22. The average molecular weight is 255 g/mol. The van der Waals surface area contributed by atoms with E-state index in [-0.39, 0.29) is 0 Å². The molecule has 0 amide bonds. The van der Waals surface area contributed by atoms with Crippen LogP contribution in [0.4, 0.5) is 0 Å². The predicted molar refractivity (Wildman–Crippen MR) is 80.1 cm³/mol. The molecule has 0 unspecified atom stereocenters. The van der Waals surface area contributed by atoms with Crippen LogP contribution in [0.3, 0.4) is 0 Å². The van der Waals surface area contributed by atoms with E-state index in [4.69, 9.17) is 0 Å². The Balaban J connectivity index is 2.13. The van der Waals surface area contributed by atoms with E-state index in [0.29, 0.717) is 0 Å². The zero-order valence-corrected chi connectivity index (χ0v) is 12.9. The van der Waals surface area contributed by atoms with Gasteiger partial charge in [0.15, 0.2) is 0 Å². The van der Waals surface area contributed by atoms with Crippen molar-refractivity contribution in [2.45, 2.75) is 57.5 Å². The molecule has 0 spiro atoms. The molecule has 0 aliphatic heterocycles. The fourth-order valence-corrected chi connectivity index (χ4v) is 2.89. The van der Waals surface area contributed by atoms with Crippen LogP contribution in [0, 0.1) is 0 Å². The van der Waals surface area contributed by atoms with Crippen LogP contribution in [-0.4, -0.2) is 62.7 Å². The topological polar surface area (TPSA) is 18.5 Å². The van der Waals surface area contributed by atoms with E-state index >= 15 is 0 Å². The molecule has 0 bridgehead atoms. The highest BCUT2D eigenvalue weighted by molar-refractivity contribution is 4.81. The second kappa shape index (κ2) is 8.89. The van der Waals surface area contributed by atoms with Crippen molar-refractivity contribution in [3.05, 3.63) is 0 Å². The first-order valence-electron chi connectivity index (χ1n) is 7.71. The van der Waals surface area contributed by atoms with Gasteiger partial charge in [0.05, 0.1) is 0 Å². The van der Waals surface area contributed by atoms with Crippen molar-refractivity contribution in [1.82, 2.24) is 15.1 Å². The Labute approximate surface area is 114 Å². The molecule has 0 heterocycles. The Kier molecular flexibility index (Phi) is 7.87. The summed E-state index contributed by atoms with van der Waals surface area (Å²) in [5, 5.41) is 3.66. The lowest BCUT2D eigenvalue weighted by molar-refractivity contribution is 0.168. The molecule has 1 aliphatic rings. The minimum atomic E-state index is 0.788. The molecule has 0 radical (unpaired) electrons. The molecule has 1 rings (SSSR count). The van der Waals surface area contributed by atoms with Crippen LogP contribution in [0.1, 0.15) is 45.4 Å². The Morgan fingerprint density at radius 1 is 1.00 bits per heavy atom.